The zero-order valence-electron chi connectivity index (χ0n) is 31.3. The van der Waals surface area contributed by atoms with Gasteiger partial charge in [-0.3, -0.25) is 0 Å². The number of furan rings is 1. The lowest BCUT2D eigenvalue weighted by molar-refractivity contribution is 0.669. The van der Waals surface area contributed by atoms with E-state index in [2.05, 4.69) is 205 Å². The van der Waals surface area contributed by atoms with Crippen LogP contribution in [0, 0.1) is 0 Å². The molecule has 0 bridgehead atoms. The van der Waals surface area contributed by atoms with Crippen LogP contribution in [0.3, 0.4) is 0 Å². The highest BCUT2D eigenvalue weighted by molar-refractivity contribution is 6.12. The van der Waals surface area contributed by atoms with Gasteiger partial charge in [-0.2, -0.15) is 0 Å². The van der Waals surface area contributed by atoms with Crippen LogP contribution in [0.25, 0.3) is 55.3 Å². The van der Waals surface area contributed by atoms with Gasteiger partial charge >= 0.3 is 0 Å². The van der Waals surface area contributed by atoms with Crippen LogP contribution in [-0.4, -0.2) is 0 Å². The Balaban J connectivity index is 1.06. The van der Waals surface area contributed by atoms with Gasteiger partial charge in [-0.05, 0) is 98.5 Å². The largest absolute Gasteiger partial charge is 0.456 e. The van der Waals surface area contributed by atoms with E-state index in [1.807, 2.05) is 6.07 Å². The molecule has 268 valence electrons. The third-order valence-electron chi connectivity index (χ3n) is 12.6. The maximum atomic E-state index is 6.29. The number of hydrogen-bond donors (Lipinski definition) is 0. The fourth-order valence-corrected chi connectivity index (χ4v) is 10.3. The van der Waals surface area contributed by atoms with Crippen molar-refractivity contribution >= 4 is 33.3 Å². The molecule has 1 heterocycles. The second-order valence-electron chi connectivity index (χ2n) is 15.5. The van der Waals surface area contributed by atoms with Crippen LogP contribution in [0.1, 0.15) is 40.2 Å². The highest BCUT2D eigenvalue weighted by Gasteiger charge is 2.52. The van der Waals surface area contributed by atoms with Crippen LogP contribution in [0.4, 0.5) is 11.4 Å². The van der Waals surface area contributed by atoms with Gasteiger partial charge in [0.05, 0.1) is 11.1 Å². The lowest BCUT2D eigenvalue weighted by atomic mass is 9.70. The smallest absolute Gasteiger partial charge is 0.136 e. The average molecular weight is 728 g/mol. The maximum absolute atomic E-state index is 6.29. The fraction of sp³-hybridized carbons (Fsp3) is 0.0545. The van der Waals surface area contributed by atoms with Crippen LogP contribution in [0.5, 0.6) is 0 Å². The predicted octanol–water partition coefficient (Wildman–Crippen LogP) is 14.4. The van der Waals surface area contributed by atoms with Crippen molar-refractivity contribution in [3.8, 4) is 33.4 Å². The Kier molecular flexibility index (Phi) is 7.00. The van der Waals surface area contributed by atoms with Crippen molar-refractivity contribution < 1.29 is 4.42 Å². The van der Waals surface area contributed by atoms with E-state index in [1.165, 1.54) is 67.0 Å². The van der Waals surface area contributed by atoms with E-state index in [1.54, 1.807) is 0 Å². The van der Waals surface area contributed by atoms with Gasteiger partial charge in [0.15, 0.2) is 0 Å². The molecule has 1 atom stereocenters. The van der Waals surface area contributed by atoms with Crippen LogP contribution in [-0.2, 0) is 5.41 Å². The summed E-state index contributed by atoms with van der Waals surface area (Å²) in [6, 6.07) is 68.9. The molecule has 0 saturated heterocycles. The number of benzene rings is 8. The summed E-state index contributed by atoms with van der Waals surface area (Å²) in [6.45, 7) is 0. The Morgan fingerprint density at radius 1 is 0.491 bits per heavy atom. The first-order valence-electron chi connectivity index (χ1n) is 20.0. The lowest BCUT2D eigenvalue weighted by Gasteiger charge is -2.33. The van der Waals surface area contributed by atoms with Crippen LogP contribution >= 0.6 is 0 Å². The number of anilines is 2. The predicted molar refractivity (Wildman–Crippen MR) is 235 cm³/mol. The monoisotopic (exact) mass is 727 g/mol. The molecule has 2 heteroatoms. The Bertz CT molecular complexity index is 3060. The quantitative estimate of drug-likeness (QED) is 0.175. The molecule has 3 aliphatic rings. The molecule has 57 heavy (non-hydrogen) atoms. The summed E-state index contributed by atoms with van der Waals surface area (Å²) in [4.78, 5) is 2.50. The van der Waals surface area contributed by atoms with Gasteiger partial charge in [0.2, 0.25) is 0 Å². The first-order valence-corrected chi connectivity index (χ1v) is 20.0. The second kappa shape index (κ2) is 12.4. The minimum atomic E-state index is -0.411. The molecule has 1 unspecified atom stereocenters. The highest BCUT2D eigenvalue weighted by atomic mass is 16.3. The average Bonchev–Trinajstić information content (AvgIpc) is 3.92. The molecule has 1 aromatic heterocycles. The summed E-state index contributed by atoms with van der Waals surface area (Å²) in [5.41, 5.74) is 19.2. The van der Waals surface area contributed by atoms with Crippen molar-refractivity contribution in [1.29, 1.82) is 0 Å². The molecule has 1 spiro atoms. The van der Waals surface area contributed by atoms with E-state index in [9.17, 15) is 0 Å². The fourth-order valence-electron chi connectivity index (χ4n) is 10.3. The van der Waals surface area contributed by atoms with E-state index >= 15 is 0 Å². The van der Waals surface area contributed by atoms with E-state index in [0.717, 1.165) is 39.6 Å². The van der Waals surface area contributed by atoms with Crippen molar-refractivity contribution in [3.05, 3.63) is 240 Å². The van der Waals surface area contributed by atoms with Crippen LogP contribution < -0.4 is 4.90 Å². The SMILES string of the molecule is C1=CC(c2ccccc2)CC=C1N(c1ccc(-c2cccc3oc4ccccc4c23)cc1)c1cccc2c1-c1ccccc1C21c2ccccc2-c2ccccc21. The molecule has 0 aliphatic heterocycles. The van der Waals surface area contributed by atoms with Crippen molar-refractivity contribution in [3.63, 3.8) is 0 Å². The van der Waals surface area contributed by atoms with E-state index in [4.69, 9.17) is 4.42 Å². The molecule has 0 N–H and O–H groups in total. The number of allylic oxidation sites excluding steroid dienone is 3. The van der Waals surface area contributed by atoms with Crippen LogP contribution in [0.2, 0.25) is 0 Å². The molecule has 12 rings (SSSR count). The van der Waals surface area contributed by atoms with E-state index in [0.29, 0.717) is 5.92 Å². The number of para-hydroxylation sites is 1. The van der Waals surface area contributed by atoms with Crippen LogP contribution in [0.15, 0.2) is 216 Å². The Labute approximate surface area is 332 Å². The Morgan fingerprint density at radius 2 is 1.09 bits per heavy atom. The molecular formula is C55H37NO. The van der Waals surface area contributed by atoms with Gasteiger partial charge in [-0.25, -0.2) is 0 Å². The van der Waals surface area contributed by atoms with Gasteiger partial charge < -0.3 is 9.32 Å². The summed E-state index contributed by atoms with van der Waals surface area (Å²) in [5.74, 6) is 0.335. The molecule has 8 aromatic carbocycles. The molecule has 3 aliphatic carbocycles. The molecule has 0 amide bonds. The second-order valence-corrected chi connectivity index (χ2v) is 15.5. The summed E-state index contributed by atoms with van der Waals surface area (Å²) in [7, 11) is 0. The number of fused-ring (bicyclic) bond motifs is 13. The zero-order chi connectivity index (χ0) is 37.5. The van der Waals surface area contributed by atoms with Gasteiger partial charge in [0.25, 0.3) is 0 Å². The first kappa shape index (κ1) is 32.1. The van der Waals surface area contributed by atoms with Gasteiger partial charge in [-0.15, -0.1) is 0 Å². The third kappa shape index (κ3) is 4.59. The number of hydrogen-bond acceptors (Lipinski definition) is 2. The standard InChI is InChI=1S/C55H37NO/c1-2-14-36(15-3-1)37-28-32-39(33-29-37)56(40-34-30-38(31-35-40)41-20-12-27-52-53(41)45-19-7-11-26-51(45)57-52)50-25-13-24-49-54(50)44-18-6-10-23-48(44)55(49)46-21-8-4-16-42(46)43-17-5-9-22-47(43)55/h1-28,30-35,37H,29H2. The number of nitrogens with zero attached hydrogens (tertiary/aromatic N) is 1. The first-order chi connectivity index (χ1) is 28.3. The molecule has 0 radical (unpaired) electrons. The maximum Gasteiger partial charge on any atom is 0.136 e. The summed E-state index contributed by atoms with van der Waals surface area (Å²) < 4.78 is 6.29. The van der Waals surface area contributed by atoms with Crippen molar-refractivity contribution in [2.75, 3.05) is 4.90 Å². The summed E-state index contributed by atoms with van der Waals surface area (Å²) in [5, 5.41) is 2.30. The minimum absolute atomic E-state index is 0.335. The van der Waals surface area contributed by atoms with E-state index < -0.39 is 5.41 Å². The molecule has 0 fully saturated rings. The van der Waals surface area contributed by atoms with Gasteiger partial charge in [0, 0.05) is 33.6 Å². The molecule has 9 aromatic rings. The summed E-state index contributed by atoms with van der Waals surface area (Å²) in [6.07, 6.45) is 8.08. The van der Waals surface area contributed by atoms with Crippen molar-refractivity contribution in [2.45, 2.75) is 17.8 Å². The van der Waals surface area contributed by atoms with Crippen molar-refractivity contribution in [2.24, 2.45) is 0 Å². The normalized spacial score (nSPS) is 15.6. The molecular weight excluding hydrogens is 691 g/mol. The van der Waals surface area contributed by atoms with Crippen molar-refractivity contribution in [1.82, 2.24) is 0 Å². The highest BCUT2D eigenvalue weighted by Crippen LogP contribution is 2.64. The Morgan fingerprint density at radius 3 is 1.82 bits per heavy atom. The van der Waals surface area contributed by atoms with E-state index in [-0.39, 0.29) is 0 Å². The van der Waals surface area contributed by atoms with Gasteiger partial charge in [-0.1, -0.05) is 170 Å². The summed E-state index contributed by atoms with van der Waals surface area (Å²) >= 11 is 0. The Hall–Kier alpha value is -7.16. The topological polar surface area (TPSA) is 16.4 Å². The third-order valence-corrected chi connectivity index (χ3v) is 12.6. The number of rotatable bonds is 5. The zero-order valence-corrected chi connectivity index (χ0v) is 31.3. The molecule has 2 nitrogen and oxygen atoms in total. The van der Waals surface area contributed by atoms with Gasteiger partial charge in [0.1, 0.15) is 11.2 Å². The lowest BCUT2D eigenvalue weighted by Crippen LogP contribution is -2.26. The minimum Gasteiger partial charge on any atom is -0.456 e. The molecule has 0 saturated carbocycles.